The van der Waals surface area contributed by atoms with Crippen LogP contribution in [0.1, 0.15) is 49.7 Å². The summed E-state index contributed by atoms with van der Waals surface area (Å²) in [6.45, 7) is 1.21. The molecule has 0 aliphatic heterocycles. The van der Waals surface area contributed by atoms with Gasteiger partial charge in [-0.15, -0.1) is 0 Å². The summed E-state index contributed by atoms with van der Waals surface area (Å²) in [4.78, 5) is 25.2. The van der Waals surface area contributed by atoms with Gasteiger partial charge in [0.05, 0.1) is 21.1 Å². The third-order valence-electron chi connectivity index (χ3n) is 6.78. The summed E-state index contributed by atoms with van der Waals surface area (Å²) in [6, 6.07) is 27.6. The highest BCUT2D eigenvalue weighted by Gasteiger charge is 2.31. The molecule has 3 rings (SSSR count). The van der Waals surface area contributed by atoms with E-state index in [1.54, 1.807) is 0 Å². The fourth-order valence-electron chi connectivity index (χ4n) is 4.42. The van der Waals surface area contributed by atoms with Crippen LogP contribution in [0.2, 0.25) is 0 Å². The third-order valence-corrected chi connectivity index (χ3v) is 6.78. The average molecular weight is 658 g/mol. The number of carbonyl (C=O) groups excluding carboxylic acids is 2. The van der Waals surface area contributed by atoms with Crippen molar-refractivity contribution in [3.63, 3.8) is 0 Å². The largest absolute Gasteiger partial charge is 1.00 e. The lowest BCUT2D eigenvalue weighted by Crippen LogP contribution is -3.00. The number of nitrogens with one attached hydrogen (secondary N) is 2. The summed E-state index contributed by atoms with van der Waals surface area (Å²) in [6.07, 6.45) is 6.14. The molecule has 0 bridgehead atoms. The first-order valence-corrected chi connectivity index (χ1v) is 14.0. The zero-order chi connectivity index (χ0) is 27.9. The van der Waals surface area contributed by atoms with Crippen LogP contribution < -0.4 is 39.3 Å². The molecular weight excluding hydrogens is 613 g/mol. The number of hydrogen-bond donors (Lipinski definition) is 2. The van der Waals surface area contributed by atoms with Crippen molar-refractivity contribution in [2.75, 3.05) is 33.0 Å². The number of quaternary nitrogens is 1. The van der Waals surface area contributed by atoms with Gasteiger partial charge < -0.3 is 43.8 Å². The molecule has 1 atom stereocenters. The number of hydrogen-bond acceptors (Lipinski definition) is 3. The summed E-state index contributed by atoms with van der Waals surface area (Å²) < 4.78 is 6.39. The van der Waals surface area contributed by atoms with Crippen LogP contribution in [0.5, 0.6) is 5.75 Å². The molecule has 6 nitrogen and oxygen atoms in total. The van der Waals surface area contributed by atoms with Crippen molar-refractivity contribution in [1.29, 1.82) is 0 Å². The van der Waals surface area contributed by atoms with E-state index < -0.39 is 0 Å². The summed E-state index contributed by atoms with van der Waals surface area (Å²) in [5, 5.41) is 6.10. The highest BCUT2D eigenvalue weighted by atomic mass is 127. The number of likely N-dealkylation sites (N-methyl/N-ethyl adjacent to an activating group) is 1. The maximum atomic E-state index is 12.9. The number of unbranched alkanes of at least 4 members (excludes halogenated alkanes) is 4. The number of nitrogens with zero attached hydrogens (tertiary/aromatic N) is 1. The van der Waals surface area contributed by atoms with Crippen LogP contribution in [0.25, 0.3) is 0 Å². The highest BCUT2D eigenvalue weighted by molar-refractivity contribution is 5.90. The lowest BCUT2D eigenvalue weighted by atomic mass is 10.0. The van der Waals surface area contributed by atoms with Crippen LogP contribution in [0.3, 0.4) is 0 Å². The number of halogens is 1. The maximum absolute atomic E-state index is 12.9. The highest BCUT2D eigenvalue weighted by Crippen LogP contribution is 2.18. The molecule has 2 amide bonds. The van der Waals surface area contributed by atoms with Crippen molar-refractivity contribution in [3.8, 4) is 5.75 Å². The average Bonchev–Trinajstić information content (AvgIpc) is 2.93. The number of ether oxygens (including phenoxy) is 1. The Bertz CT molecular complexity index is 1130. The summed E-state index contributed by atoms with van der Waals surface area (Å²) in [5.74, 6) is 0.918. The lowest BCUT2D eigenvalue weighted by Gasteiger charge is -2.33. The molecule has 3 aromatic rings. The Hall–Kier alpha value is -2.91. The molecule has 0 aliphatic rings. The van der Waals surface area contributed by atoms with Crippen LogP contribution >= 0.6 is 0 Å². The van der Waals surface area contributed by atoms with E-state index in [1.165, 1.54) is 5.56 Å². The second-order valence-electron chi connectivity index (χ2n) is 11.0. The maximum Gasteiger partial charge on any atom is 0.278 e. The van der Waals surface area contributed by atoms with Crippen LogP contribution in [0.4, 0.5) is 5.69 Å². The lowest BCUT2D eigenvalue weighted by molar-refractivity contribution is -0.886. The Labute approximate surface area is 257 Å². The predicted molar refractivity (Wildman–Crippen MR) is 159 cm³/mol. The van der Waals surface area contributed by atoms with E-state index in [0.29, 0.717) is 24.1 Å². The predicted octanol–water partition coefficient (Wildman–Crippen LogP) is 2.98. The second kappa shape index (κ2) is 17.7. The molecule has 0 radical (unpaired) electrons. The minimum absolute atomic E-state index is 0. The van der Waals surface area contributed by atoms with Gasteiger partial charge in [-0.2, -0.15) is 0 Å². The topological polar surface area (TPSA) is 67.4 Å². The number of amides is 2. The minimum Gasteiger partial charge on any atom is -1.00 e. The fourth-order valence-corrected chi connectivity index (χ4v) is 4.42. The van der Waals surface area contributed by atoms with Gasteiger partial charge in [-0.05, 0) is 48.2 Å². The van der Waals surface area contributed by atoms with Crippen molar-refractivity contribution in [3.05, 3.63) is 96.1 Å². The molecule has 0 spiro atoms. The van der Waals surface area contributed by atoms with Gasteiger partial charge in [-0.1, -0.05) is 79.9 Å². The first-order valence-electron chi connectivity index (χ1n) is 14.0. The number of anilines is 1. The van der Waals surface area contributed by atoms with E-state index in [-0.39, 0.29) is 41.8 Å². The Balaban J connectivity index is 0.00000560. The number of rotatable bonds is 16. The Morgan fingerprint density at radius 3 is 1.95 bits per heavy atom. The van der Waals surface area contributed by atoms with E-state index in [1.807, 2.05) is 72.8 Å². The van der Waals surface area contributed by atoms with Gasteiger partial charge in [0, 0.05) is 25.1 Å². The van der Waals surface area contributed by atoms with E-state index in [9.17, 15) is 9.59 Å². The van der Waals surface area contributed by atoms with Crippen molar-refractivity contribution < 1.29 is 42.8 Å². The van der Waals surface area contributed by atoms with E-state index in [0.717, 1.165) is 55.5 Å². The van der Waals surface area contributed by atoms with Crippen LogP contribution in [0.15, 0.2) is 84.9 Å². The molecule has 0 aromatic heterocycles. The van der Waals surface area contributed by atoms with Crippen LogP contribution in [-0.2, 0) is 22.6 Å². The van der Waals surface area contributed by atoms with Gasteiger partial charge in [0.1, 0.15) is 12.4 Å². The van der Waals surface area contributed by atoms with Gasteiger partial charge in [-0.3, -0.25) is 9.59 Å². The summed E-state index contributed by atoms with van der Waals surface area (Å²) in [5.41, 5.74) is 3.08. The Kier molecular flexibility index (Phi) is 14.7. The number of carbonyl (C=O) groups is 2. The van der Waals surface area contributed by atoms with Gasteiger partial charge in [-0.25, -0.2) is 0 Å². The SMILES string of the molecule is C[N+](C)(C)C(Cc1ccccc1)C(=O)NCCCCCCCC(=O)Nc1ccc(OCc2ccccc2)cc1.[I-]. The van der Waals surface area contributed by atoms with Gasteiger partial charge in [0.15, 0.2) is 6.04 Å². The number of benzene rings is 3. The Morgan fingerprint density at radius 1 is 0.750 bits per heavy atom. The van der Waals surface area contributed by atoms with E-state index in [2.05, 4.69) is 43.9 Å². The normalized spacial score (nSPS) is 11.7. The first-order chi connectivity index (χ1) is 18.8. The van der Waals surface area contributed by atoms with E-state index in [4.69, 9.17) is 4.74 Å². The molecule has 2 N–H and O–H groups in total. The van der Waals surface area contributed by atoms with E-state index >= 15 is 0 Å². The molecule has 0 aliphatic carbocycles. The zero-order valence-corrected chi connectivity index (χ0v) is 26.2. The zero-order valence-electron chi connectivity index (χ0n) is 24.1. The van der Waals surface area contributed by atoms with Crippen molar-refractivity contribution in [2.24, 2.45) is 0 Å². The first kappa shape index (κ1) is 33.3. The minimum atomic E-state index is -0.121. The van der Waals surface area contributed by atoms with Crippen molar-refractivity contribution in [1.82, 2.24) is 5.32 Å². The third kappa shape index (κ3) is 12.5. The fraction of sp³-hybridized carbons (Fsp3) is 0.394. The molecule has 0 saturated heterocycles. The van der Waals surface area contributed by atoms with Gasteiger partial charge in [0.25, 0.3) is 5.91 Å². The summed E-state index contributed by atoms with van der Waals surface area (Å²) in [7, 11) is 6.21. The molecule has 0 saturated carbocycles. The van der Waals surface area contributed by atoms with Crippen LogP contribution in [0, 0.1) is 0 Å². The molecular formula is C33H44IN3O3. The smallest absolute Gasteiger partial charge is 0.278 e. The molecule has 1 unspecified atom stereocenters. The molecule has 40 heavy (non-hydrogen) atoms. The second-order valence-corrected chi connectivity index (χ2v) is 11.0. The quantitative estimate of drug-likeness (QED) is 0.142. The van der Waals surface area contributed by atoms with Crippen molar-refractivity contribution >= 4 is 17.5 Å². The van der Waals surface area contributed by atoms with Crippen molar-refractivity contribution in [2.45, 2.75) is 57.6 Å². The molecule has 216 valence electrons. The molecule has 0 fully saturated rings. The molecule has 7 heteroatoms. The van der Waals surface area contributed by atoms with Crippen LogP contribution in [-0.4, -0.2) is 50.0 Å². The Morgan fingerprint density at radius 2 is 1.32 bits per heavy atom. The monoisotopic (exact) mass is 657 g/mol. The van der Waals surface area contributed by atoms with Gasteiger partial charge >= 0.3 is 0 Å². The standard InChI is InChI=1S/C33H43N3O3.HI/c1-36(2,3)31(25-27-15-9-7-10-16-27)33(38)34-24-14-6-4-5-13-19-32(37)35-29-20-22-30(23-21-29)39-26-28-17-11-8-12-18-28;/h7-12,15-18,20-23,31H,4-6,13-14,19,24-26H2,1-3H3,(H-,34,35,37,38);1H. The van der Waals surface area contributed by atoms with Gasteiger partial charge in [0.2, 0.25) is 5.91 Å². The molecule has 0 heterocycles. The summed E-state index contributed by atoms with van der Waals surface area (Å²) >= 11 is 0. The molecule has 3 aromatic carbocycles.